The number of aliphatic hydroxyl groups is 2. The number of ether oxygens (including phenoxy) is 2. The van der Waals surface area contributed by atoms with E-state index in [1.807, 2.05) is 0 Å². The molecule has 15 heteroatoms. The van der Waals surface area contributed by atoms with Gasteiger partial charge in [-0.25, -0.2) is 8.78 Å². The van der Waals surface area contributed by atoms with E-state index < -0.39 is 17.7 Å². The lowest BCUT2D eigenvalue weighted by Gasteiger charge is -2.42. The molecular formula is C36H40F2N8O4S. The van der Waals surface area contributed by atoms with Crippen molar-refractivity contribution in [3.63, 3.8) is 0 Å². The summed E-state index contributed by atoms with van der Waals surface area (Å²) in [5, 5.41) is 30.8. The van der Waals surface area contributed by atoms with Crippen LogP contribution in [0.15, 0.2) is 6.20 Å². The second-order valence-corrected chi connectivity index (χ2v) is 16.1. The van der Waals surface area contributed by atoms with Gasteiger partial charge < -0.3 is 30.3 Å². The number of aliphatic hydroxyl groups excluding tert-OH is 2. The number of β-amino-alcohol motifs (C(OH)–C–C–N with tert-alkyl or cyclic N) is 1. The van der Waals surface area contributed by atoms with Crippen molar-refractivity contribution in [2.45, 2.75) is 76.5 Å². The number of halogens is 2. The minimum atomic E-state index is -0.663. The van der Waals surface area contributed by atoms with Crippen LogP contribution in [0, 0.1) is 28.4 Å². The van der Waals surface area contributed by atoms with Crippen LogP contribution < -0.4 is 15.4 Å². The van der Waals surface area contributed by atoms with E-state index >= 15 is 8.78 Å². The van der Waals surface area contributed by atoms with Crippen LogP contribution in [0.3, 0.4) is 0 Å². The molecule has 1 aromatic carbocycles. The van der Waals surface area contributed by atoms with Gasteiger partial charge in [0.15, 0.2) is 11.6 Å². The second-order valence-electron chi connectivity index (χ2n) is 15.0. The number of likely N-dealkylation sites (tertiary alicyclic amines) is 2. The van der Waals surface area contributed by atoms with Crippen molar-refractivity contribution < 1.29 is 28.5 Å². The van der Waals surface area contributed by atoms with Crippen LogP contribution in [0.4, 0.5) is 19.6 Å². The Morgan fingerprint density at radius 2 is 1.92 bits per heavy atom. The first-order chi connectivity index (χ1) is 24.7. The van der Waals surface area contributed by atoms with Crippen molar-refractivity contribution in [1.29, 1.82) is 5.26 Å². The standard InChI is InChI=1S/C36H40F2N8O4S/c1-18(48)10-44-11-19-2-3-20(12-44)46(19)34-28-24-15-49-14-23(24)26(30-27-22(8-39)33(40)51-32(27)25(37)9-41-30)29(38)31(28)42-35(43-34)50-17-36(5-6-36)16-45-7-4-21(45)13-47/h9,18-21,47-48H,2-7,10-17,40H2,1H3/t18-,19?,20?,21+/m1/s1. The highest BCUT2D eigenvalue weighted by Gasteiger charge is 2.48. The highest BCUT2D eigenvalue weighted by atomic mass is 32.1. The number of benzene rings is 1. The van der Waals surface area contributed by atoms with Crippen molar-refractivity contribution >= 4 is 43.1 Å². The van der Waals surface area contributed by atoms with Crippen molar-refractivity contribution in [1.82, 2.24) is 24.8 Å². The first-order valence-corrected chi connectivity index (χ1v) is 18.6. The highest BCUT2D eigenvalue weighted by molar-refractivity contribution is 7.23. The van der Waals surface area contributed by atoms with Gasteiger partial charge in [0, 0.05) is 67.2 Å². The maximum absolute atomic E-state index is 17.5. The molecule has 3 saturated heterocycles. The number of anilines is 2. The van der Waals surface area contributed by atoms with Gasteiger partial charge in [-0.2, -0.15) is 15.2 Å². The maximum Gasteiger partial charge on any atom is 0.319 e. The Morgan fingerprint density at radius 3 is 2.59 bits per heavy atom. The predicted molar refractivity (Wildman–Crippen MR) is 187 cm³/mol. The molecule has 2 unspecified atom stereocenters. The average Bonchev–Trinajstić information content (AvgIpc) is 3.38. The van der Waals surface area contributed by atoms with E-state index in [0.717, 1.165) is 81.4 Å². The molecule has 9 rings (SSSR count). The van der Waals surface area contributed by atoms with E-state index in [1.165, 1.54) is 0 Å². The van der Waals surface area contributed by atoms with E-state index in [2.05, 4.69) is 25.8 Å². The number of hydrogen-bond donors (Lipinski definition) is 3. The van der Waals surface area contributed by atoms with Crippen LogP contribution in [0.25, 0.3) is 32.2 Å². The first-order valence-electron chi connectivity index (χ1n) is 17.7. The van der Waals surface area contributed by atoms with Crippen LogP contribution >= 0.6 is 11.3 Å². The van der Waals surface area contributed by atoms with Gasteiger partial charge in [-0.3, -0.25) is 14.8 Å². The number of aromatic nitrogens is 3. The predicted octanol–water partition coefficient (Wildman–Crippen LogP) is 3.93. The third-order valence-corrected chi connectivity index (χ3v) is 12.6. The lowest BCUT2D eigenvalue weighted by atomic mass is 9.93. The molecule has 5 aliphatic rings. The number of rotatable bonds is 10. The summed E-state index contributed by atoms with van der Waals surface area (Å²) >= 11 is 0.940. The smallest absolute Gasteiger partial charge is 0.319 e. The van der Waals surface area contributed by atoms with Crippen LogP contribution in [-0.4, -0.2) is 105 Å². The maximum atomic E-state index is 17.5. The minimum Gasteiger partial charge on any atom is -0.463 e. The Morgan fingerprint density at radius 1 is 1.16 bits per heavy atom. The van der Waals surface area contributed by atoms with Gasteiger partial charge in [-0.05, 0) is 50.2 Å². The quantitative estimate of drug-likeness (QED) is 0.218. The second kappa shape index (κ2) is 12.4. The van der Waals surface area contributed by atoms with E-state index in [1.54, 1.807) is 6.92 Å². The van der Waals surface area contributed by atoms with Crippen LogP contribution in [0.1, 0.15) is 55.7 Å². The van der Waals surface area contributed by atoms with Gasteiger partial charge in [-0.15, -0.1) is 11.3 Å². The normalized spacial score (nSPS) is 24.5. The topological polar surface area (TPSA) is 157 Å². The van der Waals surface area contributed by atoms with E-state index in [-0.39, 0.29) is 86.8 Å². The molecule has 4 fully saturated rings. The zero-order valence-corrected chi connectivity index (χ0v) is 29.2. The SMILES string of the molecule is C[C@@H](O)CN1CC2CCC(C1)N2c1nc(OCC2(CN3CC[C@H]3CO)CC2)nc2c(F)c(-c3ncc(F)c4sc(N)c(C#N)c34)c3c(c12)COC3. The van der Waals surface area contributed by atoms with Gasteiger partial charge in [-0.1, -0.05) is 0 Å². The van der Waals surface area contributed by atoms with Gasteiger partial charge in [0.1, 0.15) is 22.4 Å². The molecule has 1 saturated carbocycles. The van der Waals surface area contributed by atoms with Crippen molar-refractivity contribution in [3.05, 3.63) is 34.5 Å². The molecule has 7 heterocycles. The molecule has 4 aromatic rings. The van der Waals surface area contributed by atoms with Crippen LogP contribution in [-0.2, 0) is 18.0 Å². The third kappa shape index (κ3) is 5.41. The molecule has 4 aliphatic heterocycles. The van der Waals surface area contributed by atoms with Gasteiger partial charge in [0.05, 0.1) is 60.1 Å². The molecular weight excluding hydrogens is 679 g/mol. The number of pyridine rings is 1. The number of nitrogens with zero attached hydrogens (tertiary/aromatic N) is 7. The highest BCUT2D eigenvalue weighted by Crippen LogP contribution is 2.50. The number of hydrogen-bond acceptors (Lipinski definition) is 13. The summed E-state index contributed by atoms with van der Waals surface area (Å²) in [6.45, 7) is 6.41. The zero-order valence-electron chi connectivity index (χ0n) is 28.4. The lowest BCUT2D eigenvalue weighted by molar-refractivity contribution is 0.0167. The zero-order chi connectivity index (χ0) is 35.2. The molecule has 0 amide bonds. The summed E-state index contributed by atoms with van der Waals surface area (Å²) in [7, 11) is 0. The summed E-state index contributed by atoms with van der Waals surface area (Å²) in [5.74, 6) is -0.692. The van der Waals surface area contributed by atoms with Crippen molar-refractivity contribution in [2.75, 3.05) is 56.6 Å². The molecule has 12 nitrogen and oxygen atoms in total. The van der Waals surface area contributed by atoms with Gasteiger partial charge in [0.25, 0.3) is 0 Å². The summed E-state index contributed by atoms with van der Waals surface area (Å²) in [4.78, 5) is 21.1. The van der Waals surface area contributed by atoms with Gasteiger partial charge >= 0.3 is 6.01 Å². The van der Waals surface area contributed by atoms with Crippen molar-refractivity contribution in [3.8, 4) is 23.3 Å². The van der Waals surface area contributed by atoms with Crippen molar-refractivity contribution in [2.24, 2.45) is 5.41 Å². The molecule has 2 bridgehead atoms. The number of nitrogen functional groups attached to an aromatic ring is 1. The van der Waals surface area contributed by atoms with Gasteiger partial charge in [0.2, 0.25) is 0 Å². The fourth-order valence-electron chi connectivity index (χ4n) is 8.82. The summed E-state index contributed by atoms with van der Waals surface area (Å²) in [6, 6.07) is 2.52. The monoisotopic (exact) mass is 718 g/mol. The van der Waals surface area contributed by atoms with E-state index in [0.29, 0.717) is 29.9 Å². The first kappa shape index (κ1) is 33.1. The lowest BCUT2D eigenvalue weighted by Crippen LogP contribution is -2.55. The Labute approximate surface area is 297 Å². The Hall–Kier alpha value is -3.78. The molecule has 4 atom stereocenters. The molecule has 1 aliphatic carbocycles. The summed E-state index contributed by atoms with van der Waals surface area (Å²) < 4.78 is 45.1. The van der Waals surface area contributed by atoms with E-state index in [4.69, 9.17) is 25.2 Å². The summed E-state index contributed by atoms with van der Waals surface area (Å²) in [6.07, 6.45) is 5.40. The molecule has 4 N–H and O–H groups in total. The number of piperazine rings is 1. The largest absolute Gasteiger partial charge is 0.463 e. The number of nitrogens with two attached hydrogens (primary N) is 1. The van der Waals surface area contributed by atoms with Crippen LogP contribution in [0.5, 0.6) is 6.01 Å². The molecule has 51 heavy (non-hydrogen) atoms. The number of fused-ring (bicyclic) bond motifs is 6. The minimum absolute atomic E-state index is 0.0589. The Kier molecular flexibility index (Phi) is 8.06. The molecule has 0 spiro atoms. The average molecular weight is 719 g/mol. The molecule has 3 aromatic heterocycles. The fourth-order valence-corrected chi connectivity index (χ4v) is 9.74. The Bertz CT molecular complexity index is 2090. The van der Waals surface area contributed by atoms with Crippen LogP contribution in [0.2, 0.25) is 0 Å². The Balaban J connectivity index is 1.19. The fraction of sp³-hybridized carbons (Fsp3) is 0.556. The molecule has 268 valence electrons. The molecule has 0 radical (unpaired) electrons. The summed E-state index contributed by atoms with van der Waals surface area (Å²) in [5.41, 5.74) is 7.73. The number of nitriles is 1. The van der Waals surface area contributed by atoms with E-state index in [9.17, 15) is 15.5 Å². The third-order valence-electron chi connectivity index (χ3n) is 11.6. The number of thiophene rings is 1.